The number of ether oxygens (including phenoxy) is 2. The minimum Gasteiger partial charge on any atom is -0.494 e. The maximum atomic E-state index is 13.9. The molecule has 0 saturated heterocycles. The Balaban J connectivity index is 2.47. The lowest BCUT2D eigenvalue weighted by Crippen LogP contribution is -2.21. The highest BCUT2D eigenvalue weighted by atomic mass is 19.1. The quantitative estimate of drug-likeness (QED) is 0.908. The number of aromatic nitrogens is 2. The average Bonchev–Trinajstić information content (AvgIpc) is 2.81. The zero-order valence-corrected chi connectivity index (χ0v) is 12.0. The van der Waals surface area contributed by atoms with Crippen LogP contribution in [0.2, 0.25) is 0 Å². The van der Waals surface area contributed by atoms with Crippen LogP contribution in [-0.2, 0) is 7.05 Å². The molecule has 2 aromatic rings. The van der Waals surface area contributed by atoms with Crippen LogP contribution in [0, 0.1) is 5.82 Å². The van der Waals surface area contributed by atoms with Gasteiger partial charge in [0.2, 0.25) is 0 Å². The number of benzene rings is 1. The molecule has 5 nitrogen and oxygen atoms in total. The molecule has 0 aliphatic carbocycles. The summed E-state index contributed by atoms with van der Waals surface area (Å²) < 4.78 is 25.8. The first-order valence-electron chi connectivity index (χ1n) is 6.19. The third-order valence-electron chi connectivity index (χ3n) is 3.24. The van der Waals surface area contributed by atoms with Crippen molar-refractivity contribution in [3.05, 3.63) is 41.5 Å². The van der Waals surface area contributed by atoms with Gasteiger partial charge in [-0.3, -0.25) is 4.68 Å². The fraction of sp³-hybridized carbons (Fsp3) is 0.357. The van der Waals surface area contributed by atoms with E-state index in [0.29, 0.717) is 5.75 Å². The van der Waals surface area contributed by atoms with Crippen molar-refractivity contribution >= 4 is 0 Å². The van der Waals surface area contributed by atoms with Gasteiger partial charge in [0.1, 0.15) is 5.69 Å². The summed E-state index contributed by atoms with van der Waals surface area (Å²) in [5, 5.41) is 7.32. The summed E-state index contributed by atoms with van der Waals surface area (Å²) in [4.78, 5) is 0. The molecule has 0 aliphatic rings. The van der Waals surface area contributed by atoms with Gasteiger partial charge >= 0.3 is 0 Å². The number of halogens is 1. The van der Waals surface area contributed by atoms with Crippen LogP contribution < -0.4 is 14.8 Å². The maximum Gasteiger partial charge on any atom is 0.165 e. The highest BCUT2D eigenvalue weighted by Crippen LogP contribution is 2.31. The van der Waals surface area contributed by atoms with Gasteiger partial charge in [0.15, 0.2) is 17.3 Å². The third kappa shape index (κ3) is 2.46. The van der Waals surface area contributed by atoms with Gasteiger partial charge in [0.05, 0.1) is 26.5 Å². The monoisotopic (exact) mass is 279 g/mol. The van der Waals surface area contributed by atoms with Crippen molar-refractivity contribution in [3.8, 4) is 11.5 Å². The summed E-state index contributed by atoms with van der Waals surface area (Å²) in [5.41, 5.74) is 1.60. The number of nitrogens with zero attached hydrogens (tertiary/aromatic N) is 2. The fourth-order valence-electron chi connectivity index (χ4n) is 2.24. The molecule has 0 amide bonds. The molecule has 1 N–H and O–H groups in total. The minimum atomic E-state index is -0.397. The Morgan fingerprint density at radius 2 is 1.95 bits per heavy atom. The van der Waals surface area contributed by atoms with E-state index in [4.69, 9.17) is 9.47 Å². The van der Waals surface area contributed by atoms with Gasteiger partial charge in [-0.1, -0.05) is 6.07 Å². The Kier molecular flexibility index (Phi) is 4.24. The molecule has 1 unspecified atom stereocenters. The Morgan fingerprint density at radius 1 is 1.25 bits per heavy atom. The van der Waals surface area contributed by atoms with Crippen molar-refractivity contribution in [1.82, 2.24) is 15.1 Å². The van der Waals surface area contributed by atoms with Gasteiger partial charge in [0.25, 0.3) is 0 Å². The summed E-state index contributed by atoms with van der Waals surface area (Å²) in [7, 11) is 6.65. The Hall–Kier alpha value is -2.08. The van der Waals surface area contributed by atoms with Crippen molar-refractivity contribution in [1.29, 1.82) is 0 Å². The van der Waals surface area contributed by atoms with E-state index in [0.717, 1.165) is 11.3 Å². The molecule has 1 heterocycles. The second-order valence-electron chi connectivity index (χ2n) is 4.34. The van der Waals surface area contributed by atoms with Crippen LogP contribution in [0.3, 0.4) is 0 Å². The van der Waals surface area contributed by atoms with Crippen molar-refractivity contribution < 1.29 is 13.9 Å². The molecule has 108 valence electrons. The van der Waals surface area contributed by atoms with Crippen molar-refractivity contribution in [2.45, 2.75) is 6.04 Å². The molecule has 0 radical (unpaired) electrons. The van der Waals surface area contributed by atoms with Crippen molar-refractivity contribution in [2.24, 2.45) is 7.05 Å². The van der Waals surface area contributed by atoms with E-state index in [-0.39, 0.29) is 11.8 Å². The van der Waals surface area contributed by atoms with E-state index in [9.17, 15) is 4.39 Å². The number of hydrogen-bond donors (Lipinski definition) is 1. The molecule has 0 saturated carbocycles. The van der Waals surface area contributed by atoms with Crippen LogP contribution in [0.15, 0.2) is 24.4 Å². The molecule has 2 rings (SSSR count). The zero-order chi connectivity index (χ0) is 14.7. The summed E-state index contributed by atoms with van der Waals surface area (Å²) in [5.74, 6) is 0.482. The number of methoxy groups -OCH3 is 2. The number of hydrogen-bond acceptors (Lipinski definition) is 4. The lowest BCUT2D eigenvalue weighted by atomic mass is 10.0. The summed E-state index contributed by atoms with van der Waals surface area (Å²) in [6, 6.07) is 4.65. The molecule has 6 heteroatoms. The molecule has 0 bridgehead atoms. The second-order valence-corrected chi connectivity index (χ2v) is 4.34. The van der Waals surface area contributed by atoms with Gasteiger partial charge in [-0.2, -0.15) is 5.10 Å². The Bertz CT molecular complexity index is 598. The Morgan fingerprint density at radius 3 is 2.50 bits per heavy atom. The molecule has 1 aromatic heterocycles. The van der Waals surface area contributed by atoms with E-state index in [1.165, 1.54) is 13.2 Å². The van der Waals surface area contributed by atoms with Gasteiger partial charge in [-0.25, -0.2) is 4.39 Å². The number of rotatable bonds is 5. The van der Waals surface area contributed by atoms with E-state index < -0.39 is 5.82 Å². The standard InChI is InChI=1S/C14H18FN3O2/c1-16-13(14-12(20-4)8-17-18(14)2)9-5-6-11(19-3)10(15)7-9/h5-8,13,16H,1-4H3. The van der Waals surface area contributed by atoms with Crippen LogP contribution in [0.1, 0.15) is 17.3 Å². The molecular weight excluding hydrogens is 261 g/mol. The first kappa shape index (κ1) is 14.3. The highest BCUT2D eigenvalue weighted by molar-refractivity contribution is 5.39. The molecule has 0 spiro atoms. The van der Waals surface area contributed by atoms with E-state index in [2.05, 4.69) is 10.4 Å². The van der Waals surface area contributed by atoms with Gasteiger partial charge in [-0.05, 0) is 24.7 Å². The summed E-state index contributed by atoms with van der Waals surface area (Å²) >= 11 is 0. The fourth-order valence-corrected chi connectivity index (χ4v) is 2.24. The lowest BCUT2D eigenvalue weighted by Gasteiger charge is -2.19. The number of nitrogens with one attached hydrogen (secondary N) is 1. The van der Waals surface area contributed by atoms with Gasteiger partial charge < -0.3 is 14.8 Å². The topological polar surface area (TPSA) is 48.3 Å². The van der Waals surface area contributed by atoms with E-state index >= 15 is 0 Å². The lowest BCUT2D eigenvalue weighted by molar-refractivity contribution is 0.385. The molecule has 20 heavy (non-hydrogen) atoms. The van der Waals surface area contributed by atoms with Crippen LogP contribution in [-0.4, -0.2) is 31.0 Å². The number of aryl methyl sites for hydroxylation is 1. The average molecular weight is 279 g/mol. The third-order valence-corrected chi connectivity index (χ3v) is 3.24. The first-order chi connectivity index (χ1) is 9.62. The SMILES string of the molecule is CNC(c1ccc(OC)c(F)c1)c1c(OC)cnn1C. The molecule has 1 atom stereocenters. The minimum absolute atomic E-state index is 0.223. The molecular formula is C14H18FN3O2. The molecule has 0 aliphatic heterocycles. The molecule has 0 fully saturated rings. The zero-order valence-electron chi connectivity index (χ0n) is 12.0. The van der Waals surface area contributed by atoms with Crippen molar-refractivity contribution in [2.75, 3.05) is 21.3 Å². The van der Waals surface area contributed by atoms with Gasteiger partial charge in [-0.15, -0.1) is 0 Å². The van der Waals surface area contributed by atoms with Crippen molar-refractivity contribution in [3.63, 3.8) is 0 Å². The maximum absolute atomic E-state index is 13.9. The van der Waals surface area contributed by atoms with Crippen LogP contribution >= 0.6 is 0 Å². The van der Waals surface area contributed by atoms with E-state index in [1.807, 2.05) is 13.1 Å². The largest absolute Gasteiger partial charge is 0.494 e. The second kappa shape index (κ2) is 5.92. The van der Waals surface area contributed by atoms with Crippen LogP contribution in [0.5, 0.6) is 11.5 Å². The Labute approximate surface area is 117 Å². The summed E-state index contributed by atoms with van der Waals surface area (Å²) in [6.45, 7) is 0. The van der Waals surface area contributed by atoms with E-state index in [1.54, 1.807) is 31.1 Å². The normalized spacial score (nSPS) is 12.2. The molecule has 1 aromatic carbocycles. The first-order valence-corrected chi connectivity index (χ1v) is 6.19. The summed E-state index contributed by atoms with van der Waals surface area (Å²) in [6.07, 6.45) is 1.64. The predicted octanol–water partition coefficient (Wildman–Crippen LogP) is 1.89. The smallest absolute Gasteiger partial charge is 0.165 e. The van der Waals surface area contributed by atoms with Crippen LogP contribution in [0.25, 0.3) is 0 Å². The van der Waals surface area contributed by atoms with Gasteiger partial charge in [0, 0.05) is 7.05 Å². The predicted molar refractivity (Wildman–Crippen MR) is 73.6 cm³/mol. The highest BCUT2D eigenvalue weighted by Gasteiger charge is 2.22. The van der Waals surface area contributed by atoms with Crippen LogP contribution in [0.4, 0.5) is 4.39 Å².